The van der Waals surface area contributed by atoms with Gasteiger partial charge in [-0.3, -0.25) is 0 Å². The van der Waals surface area contributed by atoms with Crippen LogP contribution in [0.15, 0.2) is 0 Å². The number of likely N-dealkylation sites (tertiary alicyclic amines) is 1. The Morgan fingerprint density at radius 2 is 2.00 bits per heavy atom. The molecule has 2 rings (SSSR count). The van der Waals surface area contributed by atoms with E-state index >= 15 is 0 Å². The van der Waals surface area contributed by atoms with Crippen molar-refractivity contribution < 1.29 is 0 Å². The zero-order chi connectivity index (χ0) is 13.9. The molecule has 0 atom stereocenters. The Labute approximate surface area is 120 Å². The Balaban J connectivity index is 1.72. The van der Waals surface area contributed by atoms with Crippen molar-refractivity contribution in [2.75, 3.05) is 31.5 Å². The molecule has 19 heavy (non-hydrogen) atoms. The zero-order valence-corrected chi connectivity index (χ0v) is 13.4. The van der Waals surface area contributed by atoms with Crippen molar-refractivity contribution in [1.82, 2.24) is 14.3 Å². The number of anilines is 1. The van der Waals surface area contributed by atoms with Crippen LogP contribution in [0.1, 0.15) is 46.4 Å². The zero-order valence-electron chi connectivity index (χ0n) is 12.6. The second-order valence-electron chi connectivity index (χ2n) is 6.62. The van der Waals surface area contributed by atoms with Crippen LogP contribution < -0.4 is 5.32 Å². The Morgan fingerprint density at radius 1 is 1.32 bits per heavy atom. The Morgan fingerprint density at radius 3 is 2.58 bits per heavy atom. The molecule has 0 aliphatic carbocycles. The molecule has 1 N–H and O–H groups in total. The van der Waals surface area contributed by atoms with E-state index in [0.29, 0.717) is 0 Å². The Bertz CT molecular complexity index is 388. The molecule has 1 aromatic heterocycles. The lowest BCUT2D eigenvalue weighted by molar-refractivity contribution is 0.199. The summed E-state index contributed by atoms with van der Waals surface area (Å²) in [4.78, 5) is 7.09. The third-order valence-corrected chi connectivity index (χ3v) is 4.35. The summed E-state index contributed by atoms with van der Waals surface area (Å²) in [5.41, 5.74) is 0.0411. The van der Waals surface area contributed by atoms with E-state index < -0.39 is 0 Å². The number of nitrogens with one attached hydrogen (secondary N) is 1. The van der Waals surface area contributed by atoms with Crippen molar-refractivity contribution in [1.29, 1.82) is 0 Å². The van der Waals surface area contributed by atoms with Crippen LogP contribution in [0.4, 0.5) is 5.13 Å². The van der Waals surface area contributed by atoms with Crippen molar-refractivity contribution in [3.8, 4) is 0 Å². The number of aromatic nitrogens is 2. The smallest absolute Gasteiger partial charge is 0.202 e. The quantitative estimate of drug-likeness (QED) is 0.922. The van der Waals surface area contributed by atoms with Crippen LogP contribution in [-0.4, -0.2) is 40.4 Å². The van der Waals surface area contributed by atoms with Crippen LogP contribution >= 0.6 is 11.5 Å². The second-order valence-corrected chi connectivity index (χ2v) is 7.38. The molecule has 1 aliphatic heterocycles. The molecule has 0 aromatic carbocycles. The van der Waals surface area contributed by atoms with Gasteiger partial charge in [0.05, 0.1) is 0 Å². The molecule has 0 radical (unpaired) electrons. The normalized spacial score (nSPS) is 18.7. The second kappa shape index (κ2) is 6.18. The van der Waals surface area contributed by atoms with E-state index in [1.54, 1.807) is 0 Å². The van der Waals surface area contributed by atoms with Gasteiger partial charge in [-0.15, -0.1) is 0 Å². The van der Waals surface area contributed by atoms with E-state index in [9.17, 15) is 0 Å². The van der Waals surface area contributed by atoms with E-state index in [-0.39, 0.29) is 5.41 Å². The van der Waals surface area contributed by atoms with Gasteiger partial charge in [0.2, 0.25) is 5.13 Å². The first-order valence-electron chi connectivity index (χ1n) is 7.25. The number of hydrogen-bond acceptors (Lipinski definition) is 5. The monoisotopic (exact) mass is 282 g/mol. The minimum atomic E-state index is 0.0411. The highest BCUT2D eigenvalue weighted by Gasteiger charge is 2.19. The van der Waals surface area contributed by atoms with Crippen molar-refractivity contribution >= 4 is 16.7 Å². The average Bonchev–Trinajstić information content (AvgIpc) is 2.80. The van der Waals surface area contributed by atoms with Crippen molar-refractivity contribution in [2.24, 2.45) is 5.92 Å². The molecule has 0 saturated carbocycles. The van der Waals surface area contributed by atoms with E-state index in [4.69, 9.17) is 0 Å². The van der Waals surface area contributed by atoms with Crippen LogP contribution in [0, 0.1) is 5.92 Å². The summed E-state index contributed by atoms with van der Waals surface area (Å²) in [5, 5.41) is 4.35. The summed E-state index contributed by atoms with van der Waals surface area (Å²) in [6.45, 7) is 13.3. The first-order valence-corrected chi connectivity index (χ1v) is 8.03. The van der Waals surface area contributed by atoms with Gasteiger partial charge in [0, 0.05) is 30.0 Å². The third kappa shape index (κ3) is 4.42. The van der Waals surface area contributed by atoms with E-state index in [1.165, 1.54) is 37.5 Å². The molecule has 0 unspecified atom stereocenters. The molecule has 1 aliphatic rings. The Kier molecular flexibility index (Phi) is 4.79. The lowest BCUT2D eigenvalue weighted by atomic mass is 9.96. The molecule has 1 saturated heterocycles. The largest absolute Gasteiger partial charge is 0.359 e. The summed E-state index contributed by atoms with van der Waals surface area (Å²) in [6.07, 6.45) is 2.68. The minimum Gasteiger partial charge on any atom is -0.359 e. The first kappa shape index (κ1) is 14.7. The van der Waals surface area contributed by atoms with Crippen LogP contribution in [0.5, 0.6) is 0 Å². The predicted molar refractivity (Wildman–Crippen MR) is 81.9 cm³/mol. The maximum absolute atomic E-state index is 4.55. The molecule has 108 valence electrons. The van der Waals surface area contributed by atoms with Crippen molar-refractivity contribution in [2.45, 2.75) is 46.0 Å². The first-order chi connectivity index (χ1) is 8.95. The molecular formula is C14H26N4S. The van der Waals surface area contributed by atoms with Gasteiger partial charge in [0.1, 0.15) is 5.82 Å². The summed E-state index contributed by atoms with van der Waals surface area (Å²) in [5.74, 6) is 1.84. The Hall–Kier alpha value is -0.680. The van der Waals surface area contributed by atoms with Crippen LogP contribution in [0.3, 0.4) is 0 Å². The van der Waals surface area contributed by atoms with Crippen molar-refractivity contribution in [3.05, 3.63) is 5.82 Å². The van der Waals surface area contributed by atoms with E-state index in [2.05, 4.69) is 47.3 Å². The maximum Gasteiger partial charge on any atom is 0.202 e. The number of piperidine rings is 1. The fourth-order valence-corrected chi connectivity index (χ4v) is 2.99. The fourth-order valence-electron chi connectivity index (χ4n) is 2.21. The van der Waals surface area contributed by atoms with Gasteiger partial charge in [0.25, 0.3) is 0 Å². The van der Waals surface area contributed by atoms with Gasteiger partial charge in [-0.1, -0.05) is 27.7 Å². The number of hydrogen-bond donors (Lipinski definition) is 1. The molecule has 2 heterocycles. The SMILES string of the molecule is CC1CCN(CCNc2nc(C(C)(C)C)ns2)CC1. The number of rotatable bonds is 4. The highest BCUT2D eigenvalue weighted by Crippen LogP contribution is 2.22. The molecule has 0 bridgehead atoms. The van der Waals surface area contributed by atoms with Gasteiger partial charge in [-0.05, 0) is 31.8 Å². The summed E-state index contributed by atoms with van der Waals surface area (Å²) in [7, 11) is 0. The summed E-state index contributed by atoms with van der Waals surface area (Å²) >= 11 is 1.47. The molecule has 5 heteroatoms. The van der Waals surface area contributed by atoms with Crippen molar-refractivity contribution in [3.63, 3.8) is 0 Å². The summed E-state index contributed by atoms with van der Waals surface area (Å²) in [6, 6.07) is 0. The minimum absolute atomic E-state index is 0.0411. The molecule has 1 aromatic rings. The lowest BCUT2D eigenvalue weighted by Crippen LogP contribution is -2.36. The fraction of sp³-hybridized carbons (Fsp3) is 0.857. The highest BCUT2D eigenvalue weighted by molar-refractivity contribution is 7.09. The highest BCUT2D eigenvalue weighted by atomic mass is 32.1. The van der Waals surface area contributed by atoms with Gasteiger partial charge < -0.3 is 10.2 Å². The van der Waals surface area contributed by atoms with E-state index in [0.717, 1.165) is 30.0 Å². The summed E-state index contributed by atoms with van der Waals surface area (Å²) < 4.78 is 4.42. The van der Waals surface area contributed by atoms with Gasteiger partial charge in [-0.2, -0.15) is 4.37 Å². The molecule has 0 spiro atoms. The van der Waals surface area contributed by atoms with Gasteiger partial charge in [0.15, 0.2) is 0 Å². The van der Waals surface area contributed by atoms with Gasteiger partial charge in [-0.25, -0.2) is 4.98 Å². The lowest BCUT2D eigenvalue weighted by Gasteiger charge is -2.30. The number of nitrogens with zero attached hydrogens (tertiary/aromatic N) is 3. The van der Waals surface area contributed by atoms with E-state index in [1.807, 2.05) is 0 Å². The third-order valence-electron chi connectivity index (χ3n) is 3.68. The van der Waals surface area contributed by atoms with Crippen LogP contribution in [0.2, 0.25) is 0 Å². The molecule has 4 nitrogen and oxygen atoms in total. The van der Waals surface area contributed by atoms with Crippen LogP contribution in [0.25, 0.3) is 0 Å². The van der Waals surface area contributed by atoms with Gasteiger partial charge >= 0.3 is 0 Å². The molecule has 1 fully saturated rings. The van der Waals surface area contributed by atoms with Crippen LogP contribution in [-0.2, 0) is 5.41 Å². The average molecular weight is 282 g/mol. The maximum atomic E-state index is 4.55. The molecular weight excluding hydrogens is 256 g/mol. The molecule has 0 amide bonds. The standard InChI is InChI=1S/C14H26N4S/c1-11-5-8-18(9-6-11)10-7-15-13-16-12(17-19-13)14(2,3)4/h11H,5-10H2,1-4H3,(H,15,16,17). The topological polar surface area (TPSA) is 41.0 Å². The predicted octanol–water partition coefficient (Wildman–Crippen LogP) is 2.98.